The molecule has 0 saturated carbocycles. The molecule has 1 aliphatic heterocycles. The van der Waals surface area contributed by atoms with Crippen LogP contribution in [0.5, 0.6) is 0 Å². The Morgan fingerprint density at radius 2 is 2.00 bits per heavy atom. The number of anilines is 1. The fourth-order valence-electron chi connectivity index (χ4n) is 3.01. The van der Waals surface area contributed by atoms with Crippen LogP contribution in [0.4, 0.5) is 5.82 Å². The quantitative estimate of drug-likeness (QED) is 0.810. The molecule has 22 heavy (non-hydrogen) atoms. The molecule has 0 spiro atoms. The maximum absolute atomic E-state index is 12.5. The van der Waals surface area contributed by atoms with Crippen LogP contribution in [-0.2, 0) is 0 Å². The van der Waals surface area contributed by atoms with Crippen LogP contribution < -0.4 is 4.90 Å². The summed E-state index contributed by atoms with van der Waals surface area (Å²) in [4.78, 5) is 25.5. The zero-order chi connectivity index (χ0) is 15.9. The van der Waals surface area contributed by atoms with E-state index in [1.807, 2.05) is 4.90 Å². The third-order valence-corrected chi connectivity index (χ3v) is 4.11. The molecule has 1 fully saturated rings. The van der Waals surface area contributed by atoms with Gasteiger partial charge in [-0.05, 0) is 31.6 Å². The van der Waals surface area contributed by atoms with Gasteiger partial charge in [0.15, 0.2) is 0 Å². The fraction of sp³-hybridized carbons (Fsp3) is 0.706. The number of piperidine rings is 1. The monoisotopic (exact) mass is 304 g/mol. The molecule has 1 aromatic rings. The second-order valence-electron chi connectivity index (χ2n) is 6.25. The smallest absolute Gasteiger partial charge is 0.274 e. The van der Waals surface area contributed by atoms with Gasteiger partial charge in [0.1, 0.15) is 11.5 Å². The normalized spacial score (nSPS) is 18.3. The summed E-state index contributed by atoms with van der Waals surface area (Å²) in [6.45, 7) is 10.1. The van der Waals surface area contributed by atoms with E-state index >= 15 is 0 Å². The first-order valence-corrected chi connectivity index (χ1v) is 8.52. The predicted molar refractivity (Wildman–Crippen MR) is 89.1 cm³/mol. The van der Waals surface area contributed by atoms with E-state index in [9.17, 15) is 4.79 Å². The molecule has 1 aliphatic rings. The Balaban J connectivity index is 2.05. The highest BCUT2D eigenvalue weighted by molar-refractivity contribution is 5.92. The van der Waals surface area contributed by atoms with E-state index in [1.165, 1.54) is 6.42 Å². The molecule has 0 N–H and O–H groups in total. The number of likely N-dealkylation sites (tertiary alicyclic amines) is 1. The van der Waals surface area contributed by atoms with Gasteiger partial charge in [0.25, 0.3) is 5.91 Å². The highest BCUT2D eigenvalue weighted by Crippen LogP contribution is 2.18. The summed E-state index contributed by atoms with van der Waals surface area (Å²) in [6.07, 6.45) is 7.82. The number of hydrogen-bond acceptors (Lipinski definition) is 4. The molecule has 0 radical (unpaired) electrons. The lowest BCUT2D eigenvalue weighted by atomic mass is 10.0. The summed E-state index contributed by atoms with van der Waals surface area (Å²) in [5, 5.41) is 0. The summed E-state index contributed by atoms with van der Waals surface area (Å²) in [6, 6.07) is 0. The third-order valence-electron chi connectivity index (χ3n) is 4.11. The van der Waals surface area contributed by atoms with Gasteiger partial charge in [0.2, 0.25) is 0 Å². The van der Waals surface area contributed by atoms with Crippen LogP contribution in [0.15, 0.2) is 12.4 Å². The fourth-order valence-corrected chi connectivity index (χ4v) is 3.01. The standard InChI is InChI=1S/C17H28N4O/c1-4-8-20(9-5-2)16-12-18-15(11-19-16)17(22)21-10-6-7-14(3)13-21/h11-12,14H,4-10,13H2,1-3H3. The van der Waals surface area contributed by atoms with Gasteiger partial charge in [-0.25, -0.2) is 9.97 Å². The molecule has 1 saturated heterocycles. The van der Waals surface area contributed by atoms with Gasteiger partial charge in [-0.3, -0.25) is 4.79 Å². The summed E-state index contributed by atoms with van der Waals surface area (Å²) in [5.74, 6) is 1.46. The Morgan fingerprint density at radius 3 is 2.55 bits per heavy atom. The van der Waals surface area contributed by atoms with Gasteiger partial charge in [-0.15, -0.1) is 0 Å². The summed E-state index contributed by atoms with van der Waals surface area (Å²) in [7, 11) is 0. The molecule has 5 nitrogen and oxygen atoms in total. The van der Waals surface area contributed by atoms with Crippen molar-refractivity contribution in [3.63, 3.8) is 0 Å². The Kier molecular flexibility index (Phi) is 6.16. The topological polar surface area (TPSA) is 49.3 Å². The minimum atomic E-state index is 0.0168. The van der Waals surface area contributed by atoms with Crippen molar-refractivity contribution in [1.82, 2.24) is 14.9 Å². The molecule has 2 rings (SSSR count). The lowest BCUT2D eigenvalue weighted by molar-refractivity contribution is 0.0676. The first-order chi connectivity index (χ1) is 10.7. The highest BCUT2D eigenvalue weighted by atomic mass is 16.2. The van der Waals surface area contributed by atoms with E-state index in [0.717, 1.165) is 51.3 Å². The molecule has 5 heteroatoms. The number of hydrogen-bond donors (Lipinski definition) is 0. The van der Waals surface area contributed by atoms with Crippen LogP contribution >= 0.6 is 0 Å². The summed E-state index contributed by atoms with van der Waals surface area (Å²) >= 11 is 0. The lowest BCUT2D eigenvalue weighted by Crippen LogP contribution is -2.39. The van der Waals surface area contributed by atoms with E-state index in [4.69, 9.17) is 0 Å². The Morgan fingerprint density at radius 1 is 1.27 bits per heavy atom. The number of aromatic nitrogens is 2. The van der Waals surface area contributed by atoms with Crippen molar-refractivity contribution in [3.05, 3.63) is 18.1 Å². The van der Waals surface area contributed by atoms with Crippen LogP contribution in [0.3, 0.4) is 0 Å². The zero-order valence-electron chi connectivity index (χ0n) is 14.1. The first kappa shape index (κ1) is 16.7. The van der Waals surface area contributed by atoms with E-state index in [1.54, 1.807) is 12.4 Å². The number of carbonyl (C=O) groups excluding carboxylic acids is 1. The maximum atomic E-state index is 12.5. The van der Waals surface area contributed by atoms with Crippen molar-refractivity contribution in [2.75, 3.05) is 31.1 Å². The summed E-state index contributed by atoms with van der Waals surface area (Å²) < 4.78 is 0. The van der Waals surface area contributed by atoms with Crippen molar-refractivity contribution in [2.45, 2.75) is 46.5 Å². The maximum Gasteiger partial charge on any atom is 0.274 e. The van der Waals surface area contributed by atoms with E-state index in [-0.39, 0.29) is 5.91 Å². The van der Waals surface area contributed by atoms with E-state index in [0.29, 0.717) is 11.6 Å². The number of nitrogens with zero attached hydrogens (tertiary/aromatic N) is 4. The largest absolute Gasteiger partial charge is 0.355 e. The second kappa shape index (κ2) is 8.11. The molecule has 1 aromatic heterocycles. The van der Waals surface area contributed by atoms with Crippen LogP contribution in [0, 0.1) is 5.92 Å². The molecule has 122 valence electrons. The van der Waals surface area contributed by atoms with E-state index < -0.39 is 0 Å². The molecular formula is C17H28N4O. The van der Waals surface area contributed by atoms with Crippen molar-refractivity contribution in [2.24, 2.45) is 5.92 Å². The first-order valence-electron chi connectivity index (χ1n) is 8.52. The van der Waals surface area contributed by atoms with Gasteiger partial charge in [0.05, 0.1) is 12.4 Å². The Hall–Kier alpha value is -1.65. The van der Waals surface area contributed by atoms with Crippen LogP contribution in [0.1, 0.15) is 56.9 Å². The molecule has 1 atom stereocenters. The minimum Gasteiger partial charge on any atom is -0.355 e. The highest BCUT2D eigenvalue weighted by Gasteiger charge is 2.23. The van der Waals surface area contributed by atoms with Gasteiger partial charge < -0.3 is 9.80 Å². The minimum absolute atomic E-state index is 0.0168. The predicted octanol–water partition coefficient (Wildman–Crippen LogP) is 2.98. The summed E-state index contributed by atoms with van der Waals surface area (Å²) in [5.41, 5.74) is 0.464. The molecular weight excluding hydrogens is 276 g/mol. The zero-order valence-corrected chi connectivity index (χ0v) is 14.1. The van der Waals surface area contributed by atoms with Gasteiger partial charge >= 0.3 is 0 Å². The third kappa shape index (κ3) is 4.18. The van der Waals surface area contributed by atoms with Crippen LogP contribution in [-0.4, -0.2) is 47.0 Å². The molecule has 2 heterocycles. The van der Waals surface area contributed by atoms with Crippen molar-refractivity contribution in [1.29, 1.82) is 0 Å². The van der Waals surface area contributed by atoms with Gasteiger partial charge in [-0.1, -0.05) is 20.8 Å². The SMILES string of the molecule is CCCN(CCC)c1cnc(C(=O)N2CCCC(C)C2)cn1. The lowest BCUT2D eigenvalue weighted by Gasteiger charge is -2.30. The average Bonchev–Trinajstić information content (AvgIpc) is 2.54. The van der Waals surface area contributed by atoms with Crippen molar-refractivity contribution >= 4 is 11.7 Å². The average molecular weight is 304 g/mol. The second-order valence-corrected chi connectivity index (χ2v) is 6.25. The molecule has 0 aliphatic carbocycles. The molecule has 0 aromatic carbocycles. The number of amides is 1. The van der Waals surface area contributed by atoms with E-state index in [2.05, 4.69) is 35.6 Å². The van der Waals surface area contributed by atoms with Crippen molar-refractivity contribution in [3.8, 4) is 0 Å². The molecule has 1 amide bonds. The Bertz CT molecular complexity index is 468. The number of rotatable bonds is 6. The van der Waals surface area contributed by atoms with Crippen molar-refractivity contribution < 1.29 is 4.79 Å². The Labute approximate surface area is 133 Å². The van der Waals surface area contributed by atoms with Crippen LogP contribution in [0.2, 0.25) is 0 Å². The number of carbonyl (C=O) groups is 1. The molecule has 0 bridgehead atoms. The van der Waals surface area contributed by atoms with Crippen LogP contribution in [0.25, 0.3) is 0 Å². The van der Waals surface area contributed by atoms with Gasteiger partial charge in [-0.2, -0.15) is 0 Å². The molecule has 1 unspecified atom stereocenters. The van der Waals surface area contributed by atoms with Gasteiger partial charge in [0, 0.05) is 26.2 Å².